The van der Waals surface area contributed by atoms with Gasteiger partial charge in [0.1, 0.15) is 12.4 Å². The third-order valence-corrected chi connectivity index (χ3v) is 5.30. The number of ether oxygens (including phenoxy) is 2. The average molecular weight is 419 g/mol. The SMILES string of the molecule is Cc1cccc(COc2ccccc2C=C2N=C(c3ccc4ccccc4c3)OC2=O)c1. The second kappa shape index (κ2) is 8.52. The second-order valence-corrected chi connectivity index (χ2v) is 7.71. The Morgan fingerprint density at radius 1 is 0.875 bits per heavy atom. The number of esters is 1. The van der Waals surface area contributed by atoms with Gasteiger partial charge in [-0.2, -0.15) is 0 Å². The van der Waals surface area contributed by atoms with E-state index in [4.69, 9.17) is 9.47 Å². The Balaban J connectivity index is 1.41. The Labute approximate surface area is 186 Å². The first kappa shape index (κ1) is 19.8. The summed E-state index contributed by atoms with van der Waals surface area (Å²) >= 11 is 0. The van der Waals surface area contributed by atoms with Crippen molar-refractivity contribution in [2.45, 2.75) is 13.5 Å². The van der Waals surface area contributed by atoms with Gasteiger partial charge in [0, 0.05) is 11.1 Å². The summed E-state index contributed by atoms with van der Waals surface area (Å²) in [5, 5.41) is 2.19. The first-order valence-corrected chi connectivity index (χ1v) is 10.4. The van der Waals surface area contributed by atoms with Crippen LogP contribution >= 0.6 is 0 Å². The lowest BCUT2D eigenvalue weighted by atomic mass is 10.1. The van der Waals surface area contributed by atoms with Crippen LogP contribution in [0, 0.1) is 6.92 Å². The topological polar surface area (TPSA) is 47.9 Å². The van der Waals surface area contributed by atoms with Crippen LogP contribution in [0.15, 0.2) is 102 Å². The van der Waals surface area contributed by atoms with Crippen LogP contribution in [-0.4, -0.2) is 11.9 Å². The monoisotopic (exact) mass is 419 g/mol. The second-order valence-electron chi connectivity index (χ2n) is 7.71. The van der Waals surface area contributed by atoms with Crippen molar-refractivity contribution in [3.05, 3.63) is 119 Å². The van der Waals surface area contributed by atoms with Gasteiger partial charge in [0.15, 0.2) is 5.70 Å². The number of fused-ring (bicyclic) bond motifs is 1. The number of hydrogen-bond donors (Lipinski definition) is 0. The van der Waals surface area contributed by atoms with E-state index < -0.39 is 5.97 Å². The van der Waals surface area contributed by atoms with Crippen LogP contribution in [0.5, 0.6) is 5.75 Å². The molecule has 1 heterocycles. The quantitative estimate of drug-likeness (QED) is 0.291. The molecule has 32 heavy (non-hydrogen) atoms. The Morgan fingerprint density at radius 2 is 1.69 bits per heavy atom. The number of rotatable bonds is 5. The minimum absolute atomic E-state index is 0.250. The van der Waals surface area contributed by atoms with Crippen LogP contribution < -0.4 is 4.74 Å². The van der Waals surface area contributed by atoms with E-state index in [0.29, 0.717) is 18.3 Å². The molecule has 4 heteroatoms. The third-order valence-electron chi connectivity index (χ3n) is 5.30. The maximum Gasteiger partial charge on any atom is 0.363 e. The first-order chi connectivity index (χ1) is 15.7. The molecule has 4 aromatic rings. The van der Waals surface area contributed by atoms with Gasteiger partial charge in [-0.3, -0.25) is 0 Å². The van der Waals surface area contributed by atoms with Crippen molar-refractivity contribution >= 4 is 28.7 Å². The highest BCUT2D eigenvalue weighted by Gasteiger charge is 2.24. The minimum Gasteiger partial charge on any atom is -0.488 e. The van der Waals surface area contributed by atoms with Crippen LogP contribution in [0.1, 0.15) is 22.3 Å². The molecule has 0 unspecified atom stereocenters. The molecule has 0 aromatic heterocycles. The van der Waals surface area contributed by atoms with Crippen molar-refractivity contribution in [1.29, 1.82) is 0 Å². The van der Waals surface area contributed by atoms with Crippen LogP contribution in [0.2, 0.25) is 0 Å². The summed E-state index contributed by atoms with van der Waals surface area (Å²) < 4.78 is 11.5. The van der Waals surface area contributed by atoms with Crippen molar-refractivity contribution in [3.63, 3.8) is 0 Å². The number of aryl methyl sites for hydroxylation is 1. The lowest BCUT2D eigenvalue weighted by Gasteiger charge is -2.09. The maximum absolute atomic E-state index is 12.5. The molecule has 1 aliphatic rings. The Morgan fingerprint density at radius 3 is 2.56 bits per heavy atom. The van der Waals surface area contributed by atoms with E-state index in [1.807, 2.05) is 78.9 Å². The van der Waals surface area contributed by atoms with Gasteiger partial charge in [-0.1, -0.05) is 78.4 Å². The highest BCUT2D eigenvalue weighted by Crippen LogP contribution is 2.26. The molecule has 0 saturated carbocycles. The van der Waals surface area contributed by atoms with Gasteiger partial charge in [-0.05, 0) is 47.5 Å². The highest BCUT2D eigenvalue weighted by molar-refractivity contribution is 6.13. The number of nitrogens with zero attached hydrogens (tertiary/aromatic N) is 1. The minimum atomic E-state index is -0.471. The molecule has 0 aliphatic carbocycles. The normalized spacial score (nSPS) is 14.5. The van der Waals surface area contributed by atoms with Crippen molar-refractivity contribution in [2.24, 2.45) is 4.99 Å². The number of hydrogen-bond acceptors (Lipinski definition) is 4. The predicted molar refractivity (Wildman–Crippen MR) is 127 cm³/mol. The van der Waals surface area contributed by atoms with Crippen LogP contribution in [-0.2, 0) is 16.1 Å². The van der Waals surface area contributed by atoms with Crippen molar-refractivity contribution in [2.75, 3.05) is 0 Å². The fourth-order valence-electron chi connectivity index (χ4n) is 3.70. The molecule has 156 valence electrons. The summed E-state index contributed by atoms with van der Waals surface area (Å²) in [6.07, 6.45) is 1.71. The molecule has 0 spiro atoms. The molecule has 0 saturated heterocycles. The van der Waals surface area contributed by atoms with Gasteiger partial charge >= 0.3 is 5.97 Å². The molecule has 0 bridgehead atoms. The van der Waals surface area contributed by atoms with Gasteiger partial charge in [0.2, 0.25) is 5.90 Å². The fourth-order valence-corrected chi connectivity index (χ4v) is 3.70. The number of aliphatic imine (C=N–C) groups is 1. The number of carbonyl (C=O) groups excluding carboxylic acids is 1. The van der Waals surface area contributed by atoms with Gasteiger partial charge in [0.25, 0.3) is 0 Å². The Bertz CT molecular complexity index is 1380. The largest absolute Gasteiger partial charge is 0.488 e. The summed E-state index contributed by atoms with van der Waals surface area (Å²) in [6.45, 7) is 2.50. The molecule has 0 radical (unpaired) electrons. The van der Waals surface area contributed by atoms with E-state index in [9.17, 15) is 4.79 Å². The summed E-state index contributed by atoms with van der Waals surface area (Å²) in [4.78, 5) is 17.0. The number of carbonyl (C=O) groups is 1. The molecule has 1 aliphatic heterocycles. The van der Waals surface area contributed by atoms with E-state index in [2.05, 4.69) is 24.0 Å². The summed E-state index contributed by atoms with van der Waals surface area (Å²) in [7, 11) is 0. The molecular weight excluding hydrogens is 398 g/mol. The molecular formula is C28H21NO3. The van der Waals surface area contributed by atoms with Crippen molar-refractivity contribution in [3.8, 4) is 5.75 Å². The molecule has 0 fully saturated rings. The zero-order chi connectivity index (χ0) is 21.9. The Kier molecular flexibility index (Phi) is 5.26. The van der Waals surface area contributed by atoms with E-state index >= 15 is 0 Å². The van der Waals surface area contributed by atoms with E-state index in [1.54, 1.807) is 6.08 Å². The van der Waals surface area contributed by atoms with Crippen molar-refractivity contribution < 1.29 is 14.3 Å². The van der Waals surface area contributed by atoms with Gasteiger partial charge < -0.3 is 9.47 Å². The van der Waals surface area contributed by atoms with E-state index in [-0.39, 0.29) is 5.70 Å². The third kappa shape index (κ3) is 4.16. The number of cyclic esters (lactones) is 1. The van der Waals surface area contributed by atoms with E-state index in [1.165, 1.54) is 5.56 Å². The molecule has 5 rings (SSSR count). The van der Waals surface area contributed by atoms with Gasteiger partial charge in [0.05, 0.1) is 0 Å². The Hall–Kier alpha value is -4.18. The maximum atomic E-state index is 12.5. The fraction of sp³-hybridized carbons (Fsp3) is 0.0714. The highest BCUT2D eigenvalue weighted by atomic mass is 16.6. The first-order valence-electron chi connectivity index (χ1n) is 10.4. The average Bonchev–Trinajstić information content (AvgIpc) is 3.18. The predicted octanol–water partition coefficient (Wildman–Crippen LogP) is 6.07. The number of benzene rings is 4. The zero-order valence-corrected chi connectivity index (χ0v) is 17.6. The molecule has 4 nitrogen and oxygen atoms in total. The lowest BCUT2D eigenvalue weighted by Crippen LogP contribution is -2.05. The van der Waals surface area contributed by atoms with Gasteiger partial charge in [-0.15, -0.1) is 0 Å². The molecule has 0 N–H and O–H groups in total. The molecule has 0 amide bonds. The van der Waals surface area contributed by atoms with Crippen LogP contribution in [0.25, 0.3) is 16.8 Å². The molecule has 0 atom stereocenters. The summed E-state index contributed by atoms with van der Waals surface area (Å²) in [6, 6.07) is 29.7. The standard InChI is InChI=1S/C28H21NO3/c1-19-7-6-8-20(15-19)18-31-26-12-5-4-11-23(26)17-25-28(30)32-27(29-25)24-14-13-21-9-2-3-10-22(21)16-24/h2-17H,18H2,1H3. The molecule has 4 aromatic carbocycles. The van der Waals surface area contributed by atoms with Crippen molar-refractivity contribution in [1.82, 2.24) is 0 Å². The summed E-state index contributed by atoms with van der Waals surface area (Å²) in [5.74, 6) is 0.524. The van der Waals surface area contributed by atoms with Crippen LogP contribution in [0.4, 0.5) is 0 Å². The summed E-state index contributed by atoms with van der Waals surface area (Å²) in [5.41, 5.74) is 4.06. The van der Waals surface area contributed by atoms with E-state index in [0.717, 1.165) is 27.5 Å². The smallest absolute Gasteiger partial charge is 0.363 e. The zero-order valence-electron chi connectivity index (χ0n) is 17.6. The number of para-hydroxylation sites is 1. The van der Waals surface area contributed by atoms with Gasteiger partial charge in [-0.25, -0.2) is 9.79 Å². The lowest BCUT2D eigenvalue weighted by molar-refractivity contribution is -0.129. The van der Waals surface area contributed by atoms with Crippen LogP contribution in [0.3, 0.4) is 0 Å².